The minimum Gasteiger partial charge on any atom is -0.383 e. The highest BCUT2D eigenvalue weighted by molar-refractivity contribution is 5.55. The molecular formula is C12H22N4. The Morgan fingerprint density at radius 2 is 1.81 bits per heavy atom. The Morgan fingerprint density at radius 1 is 1.19 bits per heavy atom. The molecule has 0 aliphatic heterocycles. The van der Waals surface area contributed by atoms with Gasteiger partial charge in [0.15, 0.2) is 0 Å². The highest BCUT2D eigenvalue weighted by atomic mass is 15.1. The number of rotatable bonds is 4. The van der Waals surface area contributed by atoms with Crippen LogP contribution in [0.4, 0.5) is 11.6 Å². The van der Waals surface area contributed by atoms with Crippen molar-refractivity contribution < 1.29 is 0 Å². The van der Waals surface area contributed by atoms with Gasteiger partial charge in [-0.3, -0.25) is 0 Å². The van der Waals surface area contributed by atoms with Gasteiger partial charge in [0.1, 0.15) is 17.5 Å². The summed E-state index contributed by atoms with van der Waals surface area (Å²) in [6.07, 6.45) is 1.11. The molecule has 0 aliphatic carbocycles. The van der Waals surface area contributed by atoms with E-state index in [1.54, 1.807) is 0 Å². The van der Waals surface area contributed by atoms with Crippen molar-refractivity contribution in [3.8, 4) is 0 Å². The number of nitrogens with zero attached hydrogens (tertiary/aromatic N) is 2. The summed E-state index contributed by atoms with van der Waals surface area (Å²) in [5, 5.41) is 3.39. The molecule has 1 unspecified atom stereocenters. The van der Waals surface area contributed by atoms with Crippen LogP contribution >= 0.6 is 0 Å². The van der Waals surface area contributed by atoms with Gasteiger partial charge in [-0.25, -0.2) is 9.97 Å². The maximum absolute atomic E-state index is 5.81. The van der Waals surface area contributed by atoms with Gasteiger partial charge >= 0.3 is 0 Å². The summed E-state index contributed by atoms with van der Waals surface area (Å²) in [5.74, 6) is 2.80. The van der Waals surface area contributed by atoms with Gasteiger partial charge in [0.2, 0.25) is 0 Å². The number of aryl methyl sites for hydroxylation is 1. The van der Waals surface area contributed by atoms with Crippen LogP contribution in [0.2, 0.25) is 0 Å². The van der Waals surface area contributed by atoms with E-state index in [0.717, 1.165) is 17.8 Å². The van der Waals surface area contributed by atoms with Crippen LogP contribution in [0.1, 0.15) is 38.6 Å². The van der Waals surface area contributed by atoms with Crippen LogP contribution in [0.25, 0.3) is 0 Å². The first-order valence-corrected chi connectivity index (χ1v) is 5.77. The Hall–Kier alpha value is -1.32. The Balaban J connectivity index is 2.80. The van der Waals surface area contributed by atoms with Crippen LogP contribution in [0, 0.1) is 19.8 Å². The summed E-state index contributed by atoms with van der Waals surface area (Å²) in [5.41, 5.74) is 6.74. The number of hydrogen-bond donors (Lipinski definition) is 2. The van der Waals surface area contributed by atoms with Crippen molar-refractivity contribution in [2.24, 2.45) is 5.92 Å². The Bertz CT molecular complexity index is 360. The van der Waals surface area contributed by atoms with Crippen molar-refractivity contribution in [3.63, 3.8) is 0 Å². The molecule has 1 aromatic rings. The van der Waals surface area contributed by atoms with Gasteiger partial charge in [0, 0.05) is 11.6 Å². The summed E-state index contributed by atoms with van der Waals surface area (Å²) in [4.78, 5) is 8.51. The highest BCUT2D eigenvalue weighted by Crippen LogP contribution is 2.19. The van der Waals surface area contributed by atoms with Gasteiger partial charge in [-0.15, -0.1) is 0 Å². The molecule has 0 spiro atoms. The van der Waals surface area contributed by atoms with E-state index in [0.29, 0.717) is 23.6 Å². The second-order valence-electron chi connectivity index (χ2n) is 4.80. The number of hydrogen-bond acceptors (Lipinski definition) is 4. The second kappa shape index (κ2) is 5.14. The Kier molecular flexibility index (Phi) is 4.10. The van der Waals surface area contributed by atoms with E-state index in [-0.39, 0.29) is 0 Å². The quantitative estimate of drug-likeness (QED) is 0.821. The molecule has 90 valence electrons. The van der Waals surface area contributed by atoms with Crippen molar-refractivity contribution in [1.82, 2.24) is 9.97 Å². The van der Waals surface area contributed by atoms with E-state index in [1.165, 1.54) is 0 Å². The van der Waals surface area contributed by atoms with Crippen LogP contribution in [-0.2, 0) is 0 Å². The second-order valence-corrected chi connectivity index (χ2v) is 4.80. The molecule has 1 atom stereocenters. The molecular weight excluding hydrogens is 200 g/mol. The lowest BCUT2D eigenvalue weighted by Gasteiger charge is -2.18. The van der Waals surface area contributed by atoms with Crippen LogP contribution in [0.3, 0.4) is 0 Å². The molecule has 0 aliphatic rings. The van der Waals surface area contributed by atoms with E-state index in [4.69, 9.17) is 5.73 Å². The summed E-state index contributed by atoms with van der Waals surface area (Å²) in [7, 11) is 0. The first-order chi connectivity index (χ1) is 7.40. The number of nitrogens with two attached hydrogens (primary N) is 1. The average Bonchev–Trinajstić information content (AvgIpc) is 2.11. The van der Waals surface area contributed by atoms with Gasteiger partial charge in [-0.2, -0.15) is 0 Å². The lowest BCUT2D eigenvalue weighted by molar-refractivity contribution is 0.538. The summed E-state index contributed by atoms with van der Waals surface area (Å²) >= 11 is 0. The average molecular weight is 222 g/mol. The normalized spacial score (nSPS) is 12.9. The fourth-order valence-corrected chi connectivity index (χ4v) is 1.79. The summed E-state index contributed by atoms with van der Waals surface area (Å²) in [6, 6.07) is 0.396. The van der Waals surface area contributed by atoms with Gasteiger partial charge in [-0.1, -0.05) is 13.8 Å². The minimum atomic E-state index is 0.396. The van der Waals surface area contributed by atoms with Crippen molar-refractivity contribution in [2.45, 2.75) is 47.1 Å². The topological polar surface area (TPSA) is 63.8 Å². The van der Waals surface area contributed by atoms with Crippen LogP contribution in [0.5, 0.6) is 0 Å². The molecule has 4 heteroatoms. The molecule has 0 bridgehead atoms. The first kappa shape index (κ1) is 12.7. The number of nitrogen functional groups attached to an aromatic ring is 1. The molecule has 1 heterocycles. The third-order valence-electron chi connectivity index (χ3n) is 2.50. The molecule has 0 fully saturated rings. The largest absolute Gasteiger partial charge is 0.383 e. The van der Waals surface area contributed by atoms with Crippen LogP contribution in [-0.4, -0.2) is 16.0 Å². The van der Waals surface area contributed by atoms with Crippen molar-refractivity contribution in [2.75, 3.05) is 11.1 Å². The first-order valence-electron chi connectivity index (χ1n) is 5.77. The number of aromatic nitrogens is 2. The molecule has 1 aromatic heterocycles. The molecule has 0 radical (unpaired) electrons. The van der Waals surface area contributed by atoms with E-state index >= 15 is 0 Å². The maximum atomic E-state index is 5.81. The highest BCUT2D eigenvalue weighted by Gasteiger charge is 2.10. The molecule has 0 amide bonds. The van der Waals surface area contributed by atoms with E-state index in [1.807, 2.05) is 13.8 Å². The predicted octanol–water partition coefficient (Wildman–Crippen LogP) is 2.52. The standard InChI is InChI=1S/C12H22N4/c1-7(2)6-8(3)14-12-9(4)11(13)15-10(5)16-12/h7-8H,6H2,1-5H3,(H3,13,14,15,16). The zero-order valence-corrected chi connectivity index (χ0v) is 10.8. The van der Waals surface area contributed by atoms with E-state index in [9.17, 15) is 0 Å². The fraction of sp³-hybridized carbons (Fsp3) is 0.667. The van der Waals surface area contributed by atoms with Crippen molar-refractivity contribution in [1.29, 1.82) is 0 Å². The lowest BCUT2D eigenvalue weighted by Crippen LogP contribution is -2.20. The van der Waals surface area contributed by atoms with E-state index < -0.39 is 0 Å². The molecule has 4 nitrogen and oxygen atoms in total. The van der Waals surface area contributed by atoms with Gasteiger partial charge in [0.25, 0.3) is 0 Å². The summed E-state index contributed by atoms with van der Waals surface area (Å²) in [6.45, 7) is 10.4. The molecule has 0 saturated carbocycles. The number of anilines is 2. The van der Waals surface area contributed by atoms with Gasteiger partial charge in [-0.05, 0) is 33.1 Å². The monoisotopic (exact) mass is 222 g/mol. The minimum absolute atomic E-state index is 0.396. The summed E-state index contributed by atoms with van der Waals surface area (Å²) < 4.78 is 0. The predicted molar refractivity (Wildman–Crippen MR) is 68.5 cm³/mol. The SMILES string of the molecule is Cc1nc(N)c(C)c(NC(C)CC(C)C)n1. The van der Waals surface area contributed by atoms with E-state index in [2.05, 4.69) is 36.1 Å². The maximum Gasteiger partial charge on any atom is 0.134 e. The van der Waals surface area contributed by atoms with Gasteiger partial charge < -0.3 is 11.1 Å². The molecule has 1 rings (SSSR count). The third-order valence-corrected chi connectivity index (χ3v) is 2.50. The Morgan fingerprint density at radius 3 is 2.38 bits per heavy atom. The zero-order chi connectivity index (χ0) is 12.3. The third kappa shape index (κ3) is 3.36. The Labute approximate surface area is 97.7 Å². The molecule has 3 N–H and O–H groups in total. The lowest BCUT2D eigenvalue weighted by atomic mass is 10.1. The molecule has 0 aromatic carbocycles. The van der Waals surface area contributed by atoms with Crippen molar-refractivity contribution in [3.05, 3.63) is 11.4 Å². The van der Waals surface area contributed by atoms with Gasteiger partial charge in [0.05, 0.1) is 0 Å². The van der Waals surface area contributed by atoms with Crippen LogP contribution in [0.15, 0.2) is 0 Å². The molecule has 16 heavy (non-hydrogen) atoms. The fourth-order valence-electron chi connectivity index (χ4n) is 1.79. The smallest absolute Gasteiger partial charge is 0.134 e. The molecule has 0 saturated heterocycles. The van der Waals surface area contributed by atoms with Crippen LogP contribution < -0.4 is 11.1 Å². The van der Waals surface area contributed by atoms with Crippen molar-refractivity contribution >= 4 is 11.6 Å². The zero-order valence-electron chi connectivity index (χ0n) is 10.8. The number of nitrogens with one attached hydrogen (secondary N) is 1.